The maximum Gasteiger partial charge on any atom is 0.501 e. The summed E-state index contributed by atoms with van der Waals surface area (Å²) in [6.45, 7) is -0.00934. The van der Waals surface area contributed by atoms with E-state index in [1.807, 2.05) is 0 Å². The van der Waals surface area contributed by atoms with Crippen LogP contribution in [0.25, 0.3) is 16.6 Å². The second-order valence-electron chi connectivity index (χ2n) is 6.81. The van der Waals surface area contributed by atoms with Crippen LogP contribution in [0, 0.1) is 5.82 Å². The number of rotatable bonds is 4. The highest BCUT2D eigenvalue weighted by molar-refractivity contribution is 7.92. The van der Waals surface area contributed by atoms with Gasteiger partial charge < -0.3 is 5.11 Å². The van der Waals surface area contributed by atoms with E-state index < -0.39 is 37.6 Å². The van der Waals surface area contributed by atoms with Gasteiger partial charge in [-0.1, -0.05) is 0 Å². The molecule has 0 saturated heterocycles. The minimum absolute atomic E-state index is 0.00934. The molecule has 0 amide bonds. The average Bonchev–Trinajstić information content (AvgIpc) is 3.00. The van der Waals surface area contributed by atoms with Crippen LogP contribution in [0.1, 0.15) is 5.56 Å². The Morgan fingerprint density at radius 3 is 2.38 bits per heavy atom. The van der Waals surface area contributed by atoms with E-state index >= 15 is 0 Å². The molecule has 0 radical (unpaired) electrons. The molecule has 0 bridgehead atoms. The number of alkyl halides is 3. The first-order valence-corrected chi connectivity index (χ1v) is 10.4. The summed E-state index contributed by atoms with van der Waals surface area (Å²) in [6, 6.07) is 8.98. The van der Waals surface area contributed by atoms with Crippen LogP contribution in [-0.2, 0) is 16.4 Å². The van der Waals surface area contributed by atoms with Crippen molar-refractivity contribution in [2.75, 3.05) is 0 Å². The number of aromatic nitrogens is 3. The summed E-state index contributed by atoms with van der Waals surface area (Å²) in [6.07, 6.45) is 2.57. The van der Waals surface area contributed by atoms with Crippen LogP contribution in [0.2, 0.25) is 0 Å². The highest BCUT2D eigenvalue weighted by Crippen LogP contribution is 2.30. The fraction of sp³-hybridized carbons (Fsp3) is 0.100. The number of hydrogen-bond donors (Lipinski definition) is 1. The second kappa shape index (κ2) is 7.48. The predicted molar refractivity (Wildman–Crippen MR) is 106 cm³/mol. The van der Waals surface area contributed by atoms with E-state index in [9.17, 15) is 35.9 Å². The van der Waals surface area contributed by atoms with Crippen LogP contribution in [0.5, 0.6) is 5.88 Å². The maximum absolute atomic E-state index is 13.4. The first kappa shape index (κ1) is 21.6. The Balaban J connectivity index is 1.71. The molecule has 7 nitrogen and oxygen atoms in total. The van der Waals surface area contributed by atoms with Gasteiger partial charge in [-0.15, -0.1) is 0 Å². The lowest BCUT2D eigenvalue weighted by atomic mass is 10.1. The molecule has 2 aromatic heterocycles. The van der Waals surface area contributed by atoms with Gasteiger partial charge in [0.15, 0.2) is 0 Å². The number of halogens is 4. The van der Waals surface area contributed by atoms with Crippen molar-refractivity contribution in [3.63, 3.8) is 0 Å². The Hall–Kier alpha value is -3.67. The average molecular weight is 467 g/mol. The first-order valence-electron chi connectivity index (χ1n) is 8.95. The van der Waals surface area contributed by atoms with Crippen molar-refractivity contribution in [1.29, 1.82) is 0 Å². The van der Waals surface area contributed by atoms with Crippen molar-refractivity contribution < 1.29 is 31.1 Å². The molecule has 166 valence electrons. The lowest BCUT2D eigenvalue weighted by Crippen LogP contribution is -2.24. The molecule has 2 heterocycles. The molecule has 12 heteroatoms. The number of sulfone groups is 1. The molecule has 0 aliphatic carbocycles. The van der Waals surface area contributed by atoms with E-state index in [0.717, 1.165) is 27.5 Å². The van der Waals surface area contributed by atoms with Gasteiger partial charge in [0.25, 0.3) is 9.84 Å². The van der Waals surface area contributed by atoms with Crippen LogP contribution in [0.15, 0.2) is 70.6 Å². The monoisotopic (exact) mass is 467 g/mol. The number of imidazole rings is 1. The Morgan fingerprint density at radius 1 is 1.03 bits per heavy atom. The topological polar surface area (TPSA) is 94.2 Å². The molecule has 0 spiro atoms. The molecule has 2 aromatic carbocycles. The third-order valence-corrected chi connectivity index (χ3v) is 6.29. The summed E-state index contributed by atoms with van der Waals surface area (Å²) >= 11 is 0. The first-order chi connectivity index (χ1) is 15.0. The van der Waals surface area contributed by atoms with Gasteiger partial charge in [0.05, 0.1) is 28.8 Å². The number of fused-ring (bicyclic) bond motifs is 1. The predicted octanol–water partition coefficient (Wildman–Crippen LogP) is 3.37. The Morgan fingerprint density at radius 2 is 1.72 bits per heavy atom. The quantitative estimate of drug-likeness (QED) is 0.465. The fourth-order valence-electron chi connectivity index (χ4n) is 3.24. The summed E-state index contributed by atoms with van der Waals surface area (Å²) < 4.78 is 76.5. The van der Waals surface area contributed by atoms with Crippen molar-refractivity contribution in [2.24, 2.45) is 0 Å². The minimum atomic E-state index is -5.54. The summed E-state index contributed by atoms with van der Waals surface area (Å²) in [5.74, 6) is -0.982. The fourth-order valence-corrected chi connectivity index (χ4v) is 4.01. The highest BCUT2D eigenvalue weighted by atomic mass is 32.2. The van der Waals surface area contributed by atoms with E-state index in [2.05, 4.69) is 4.98 Å². The van der Waals surface area contributed by atoms with Gasteiger partial charge in [-0.25, -0.2) is 22.2 Å². The van der Waals surface area contributed by atoms with Crippen molar-refractivity contribution in [2.45, 2.75) is 16.9 Å². The van der Waals surface area contributed by atoms with Crippen LogP contribution in [0.4, 0.5) is 17.6 Å². The van der Waals surface area contributed by atoms with Crippen LogP contribution in [0.3, 0.4) is 0 Å². The van der Waals surface area contributed by atoms with Gasteiger partial charge in [0, 0.05) is 17.6 Å². The number of hydrogen-bond acceptors (Lipinski definition) is 5. The number of pyridine rings is 1. The van der Waals surface area contributed by atoms with Crippen molar-refractivity contribution >= 4 is 20.7 Å². The molecular weight excluding hydrogens is 454 g/mol. The molecular formula is C20H13F4N3O4S. The van der Waals surface area contributed by atoms with Gasteiger partial charge in [-0.2, -0.15) is 13.2 Å². The Kier molecular flexibility index (Phi) is 5.04. The molecule has 4 aromatic rings. The molecule has 0 aliphatic rings. The molecule has 0 saturated carbocycles. The van der Waals surface area contributed by atoms with Gasteiger partial charge in [-0.3, -0.25) is 9.55 Å². The molecule has 4 rings (SSSR count). The second-order valence-corrected chi connectivity index (χ2v) is 8.75. The van der Waals surface area contributed by atoms with E-state index in [4.69, 9.17) is 0 Å². The lowest BCUT2D eigenvalue weighted by Gasteiger charge is -2.09. The zero-order chi connectivity index (χ0) is 23.3. The summed E-state index contributed by atoms with van der Waals surface area (Å²) in [5.41, 5.74) is -5.23. The molecule has 0 atom stereocenters. The highest BCUT2D eigenvalue weighted by Gasteiger charge is 2.46. The van der Waals surface area contributed by atoms with E-state index in [0.29, 0.717) is 28.6 Å². The van der Waals surface area contributed by atoms with Gasteiger partial charge in [0.1, 0.15) is 5.82 Å². The van der Waals surface area contributed by atoms with Crippen molar-refractivity contribution in [3.05, 3.63) is 82.8 Å². The summed E-state index contributed by atoms with van der Waals surface area (Å²) in [4.78, 5) is 15.9. The van der Waals surface area contributed by atoms with Gasteiger partial charge in [-0.05, 0) is 48.0 Å². The maximum atomic E-state index is 13.4. The van der Waals surface area contributed by atoms with E-state index in [1.165, 1.54) is 24.4 Å². The van der Waals surface area contributed by atoms with Crippen molar-refractivity contribution in [3.8, 4) is 11.6 Å². The number of benzene rings is 2. The summed E-state index contributed by atoms with van der Waals surface area (Å²) in [5, 5.41) is 10.8. The zero-order valence-corrected chi connectivity index (χ0v) is 16.7. The van der Waals surface area contributed by atoms with Gasteiger partial charge in [0.2, 0.25) is 5.88 Å². The van der Waals surface area contributed by atoms with Gasteiger partial charge >= 0.3 is 11.2 Å². The van der Waals surface area contributed by atoms with Crippen LogP contribution >= 0.6 is 0 Å². The molecule has 0 aliphatic heterocycles. The standard InChI is InChI=1S/C20H13F4N3O4S/c21-13-1-6-16-12(7-8-25-17(16)9-13)10-26-11-18(28)27(19(26)29)14-2-4-15(5-3-14)32(30,31)20(22,23)24/h1-9,11,28H,10H2. The number of nitrogens with zero attached hydrogens (tertiary/aromatic N) is 3. The molecule has 0 unspecified atom stereocenters. The smallest absolute Gasteiger partial charge is 0.493 e. The zero-order valence-electron chi connectivity index (χ0n) is 15.9. The largest absolute Gasteiger partial charge is 0.501 e. The molecule has 0 fully saturated rings. The van der Waals surface area contributed by atoms with Crippen LogP contribution < -0.4 is 5.69 Å². The van der Waals surface area contributed by atoms with Crippen LogP contribution in [-0.4, -0.2) is 33.2 Å². The lowest BCUT2D eigenvalue weighted by molar-refractivity contribution is -0.0436. The molecule has 32 heavy (non-hydrogen) atoms. The Bertz CT molecular complexity index is 1490. The van der Waals surface area contributed by atoms with E-state index in [1.54, 1.807) is 6.07 Å². The SMILES string of the molecule is O=c1n(Cc2ccnc3cc(F)ccc23)cc(O)n1-c1ccc(S(=O)(=O)C(F)(F)F)cc1. The third-order valence-electron chi connectivity index (χ3n) is 4.78. The van der Waals surface area contributed by atoms with Crippen molar-refractivity contribution in [1.82, 2.24) is 14.1 Å². The van der Waals surface area contributed by atoms with E-state index in [-0.39, 0.29) is 12.2 Å². The minimum Gasteiger partial charge on any atom is -0.493 e. The number of aromatic hydroxyl groups is 1. The third kappa shape index (κ3) is 3.62. The Labute approximate surface area is 177 Å². The molecule has 1 N–H and O–H groups in total. The summed E-state index contributed by atoms with van der Waals surface area (Å²) in [7, 11) is -5.54. The normalized spacial score (nSPS) is 12.4.